The van der Waals surface area contributed by atoms with Gasteiger partial charge >= 0.3 is 0 Å². The Balaban J connectivity index is 2.70. The topological polar surface area (TPSA) is 54.2 Å². The van der Waals surface area contributed by atoms with Gasteiger partial charge in [0.05, 0.1) is 5.69 Å². The molecule has 1 aromatic rings. The third-order valence-electron chi connectivity index (χ3n) is 3.22. The molecule has 0 aliphatic rings. The van der Waals surface area contributed by atoms with E-state index in [0.29, 0.717) is 6.54 Å². The lowest BCUT2D eigenvalue weighted by molar-refractivity contribution is 0.637. The number of nitrogens with one attached hydrogen (secondary N) is 2. The summed E-state index contributed by atoms with van der Waals surface area (Å²) in [6.07, 6.45) is 6.15. The Morgan fingerprint density at radius 3 is 2.70 bits per heavy atom. The molecule has 0 saturated heterocycles. The van der Waals surface area contributed by atoms with Gasteiger partial charge in [-0.2, -0.15) is 5.10 Å². The third kappa shape index (κ3) is 4.30. The molecule has 0 bridgehead atoms. The number of nitrogens with zero attached hydrogens (tertiary/aromatic N) is 3. The highest BCUT2D eigenvalue weighted by Crippen LogP contribution is 2.13. The fraction of sp³-hybridized carbons (Fsp3) is 0.600. The second-order valence-corrected chi connectivity index (χ2v) is 4.92. The van der Waals surface area contributed by atoms with Crippen molar-refractivity contribution in [1.29, 1.82) is 0 Å². The van der Waals surface area contributed by atoms with Gasteiger partial charge in [-0.25, -0.2) is 4.99 Å². The fourth-order valence-corrected chi connectivity index (χ4v) is 2.15. The molecule has 5 heteroatoms. The van der Waals surface area contributed by atoms with Crippen molar-refractivity contribution in [3.63, 3.8) is 0 Å². The lowest BCUT2D eigenvalue weighted by Gasteiger charge is -2.17. The molecule has 0 amide bonds. The number of terminal acetylenes is 1. The number of hydrogen-bond donors (Lipinski definition) is 2. The Hall–Kier alpha value is -1.96. The van der Waals surface area contributed by atoms with Crippen LogP contribution >= 0.6 is 0 Å². The number of rotatable bonds is 5. The van der Waals surface area contributed by atoms with Crippen LogP contribution in [0.2, 0.25) is 0 Å². The monoisotopic (exact) mass is 275 g/mol. The summed E-state index contributed by atoms with van der Waals surface area (Å²) in [4.78, 5) is 4.30. The number of guanidine groups is 1. The van der Waals surface area contributed by atoms with Crippen LogP contribution < -0.4 is 10.6 Å². The van der Waals surface area contributed by atoms with E-state index in [4.69, 9.17) is 6.42 Å². The quantitative estimate of drug-likeness (QED) is 0.481. The molecular weight excluding hydrogens is 250 g/mol. The van der Waals surface area contributed by atoms with Gasteiger partial charge in [0.1, 0.15) is 6.54 Å². The maximum Gasteiger partial charge on any atom is 0.192 e. The fourth-order valence-electron chi connectivity index (χ4n) is 2.15. The van der Waals surface area contributed by atoms with Crippen LogP contribution in [0.3, 0.4) is 0 Å². The van der Waals surface area contributed by atoms with Crippen LogP contribution in [0.15, 0.2) is 4.99 Å². The Morgan fingerprint density at radius 2 is 2.20 bits per heavy atom. The van der Waals surface area contributed by atoms with Crippen molar-refractivity contribution < 1.29 is 0 Å². The van der Waals surface area contributed by atoms with Gasteiger partial charge in [0.2, 0.25) is 0 Å². The van der Waals surface area contributed by atoms with Crippen LogP contribution in [0, 0.1) is 26.2 Å². The van der Waals surface area contributed by atoms with Crippen molar-refractivity contribution in [2.45, 2.75) is 40.2 Å². The first kappa shape index (κ1) is 16.1. The summed E-state index contributed by atoms with van der Waals surface area (Å²) < 4.78 is 1.93. The summed E-state index contributed by atoms with van der Waals surface area (Å²) in [6, 6.07) is 0.257. The highest BCUT2D eigenvalue weighted by molar-refractivity contribution is 5.80. The molecule has 1 rings (SSSR count). The van der Waals surface area contributed by atoms with E-state index < -0.39 is 0 Å². The summed E-state index contributed by atoms with van der Waals surface area (Å²) in [5.41, 5.74) is 3.59. The van der Waals surface area contributed by atoms with Crippen molar-refractivity contribution in [3.8, 4) is 12.3 Å². The maximum absolute atomic E-state index is 5.25. The van der Waals surface area contributed by atoms with Gasteiger partial charge < -0.3 is 10.6 Å². The van der Waals surface area contributed by atoms with Crippen molar-refractivity contribution >= 4 is 5.96 Å². The highest BCUT2D eigenvalue weighted by Gasteiger charge is 2.13. The predicted molar refractivity (Wildman–Crippen MR) is 83.8 cm³/mol. The van der Waals surface area contributed by atoms with Crippen LogP contribution in [0.4, 0.5) is 0 Å². The Kier molecular flexibility index (Phi) is 6.10. The van der Waals surface area contributed by atoms with Crippen LogP contribution in [0.5, 0.6) is 0 Å². The van der Waals surface area contributed by atoms with E-state index in [0.717, 1.165) is 24.6 Å². The molecule has 1 heterocycles. The van der Waals surface area contributed by atoms with E-state index in [1.165, 1.54) is 11.3 Å². The molecule has 2 N–H and O–H groups in total. The summed E-state index contributed by atoms with van der Waals surface area (Å²) in [5, 5.41) is 11.0. The smallest absolute Gasteiger partial charge is 0.192 e. The first-order valence-electron chi connectivity index (χ1n) is 6.96. The number of aromatic nitrogens is 2. The van der Waals surface area contributed by atoms with E-state index in [-0.39, 0.29) is 6.04 Å². The SMILES string of the molecule is C#CCN=C(NCC)NC(C)Cc1c(C)nn(C)c1C. The Labute approximate surface area is 121 Å². The first-order chi connectivity index (χ1) is 9.49. The molecule has 0 aliphatic heterocycles. The largest absolute Gasteiger partial charge is 0.357 e. The Morgan fingerprint density at radius 1 is 1.50 bits per heavy atom. The zero-order valence-corrected chi connectivity index (χ0v) is 13.1. The van der Waals surface area contributed by atoms with E-state index in [2.05, 4.69) is 40.5 Å². The second-order valence-electron chi connectivity index (χ2n) is 4.92. The molecule has 0 aliphatic carbocycles. The number of aliphatic imine (C=N–C) groups is 1. The van der Waals surface area contributed by atoms with Crippen LogP contribution in [-0.2, 0) is 13.5 Å². The molecule has 1 aromatic heterocycles. The highest BCUT2D eigenvalue weighted by atomic mass is 15.3. The van der Waals surface area contributed by atoms with Crippen LogP contribution in [0.25, 0.3) is 0 Å². The lowest BCUT2D eigenvalue weighted by atomic mass is 10.1. The summed E-state index contributed by atoms with van der Waals surface area (Å²) in [7, 11) is 1.97. The molecule has 20 heavy (non-hydrogen) atoms. The Bertz CT molecular complexity index is 507. The molecular formula is C15H25N5. The van der Waals surface area contributed by atoms with E-state index >= 15 is 0 Å². The van der Waals surface area contributed by atoms with Gasteiger partial charge in [-0.15, -0.1) is 6.42 Å². The average molecular weight is 275 g/mol. The predicted octanol–water partition coefficient (Wildman–Crippen LogP) is 1.16. The average Bonchev–Trinajstić information content (AvgIpc) is 2.63. The van der Waals surface area contributed by atoms with Gasteiger partial charge in [-0.1, -0.05) is 5.92 Å². The summed E-state index contributed by atoms with van der Waals surface area (Å²) >= 11 is 0. The van der Waals surface area contributed by atoms with Gasteiger partial charge in [0.15, 0.2) is 5.96 Å². The molecule has 0 spiro atoms. The molecule has 0 saturated carbocycles. The van der Waals surface area contributed by atoms with Gasteiger partial charge in [-0.05, 0) is 39.7 Å². The van der Waals surface area contributed by atoms with Crippen LogP contribution in [0.1, 0.15) is 30.8 Å². The van der Waals surface area contributed by atoms with E-state index in [1.807, 2.05) is 25.6 Å². The number of aryl methyl sites for hydroxylation is 2. The maximum atomic E-state index is 5.25. The van der Waals surface area contributed by atoms with Crippen molar-refractivity contribution in [2.24, 2.45) is 12.0 Å². The molecule has 5 nitrogen and oxygen atoms in total. The molecule has 110 valence electrons. The minimum Gasteiger partial charge on any atom is -0.357 e. The zero-order valence-electron chi connectivity index (χ0n) is 13.1. The van der Waals surface area contributed by atoms with Crippen LogP contribution in [-0.4, -0.2) is 34.9 Å². The summed E-state index contributed by atoms with van der Waals surface area (Å²) in [6.45, 7) is 9.51. The van der Waals surface area contributed by atoms with E-state index in [1.54, 1.807) is 0 Å². The second kappa shape index (κ2) is 7.59. The normalized spacial score (nSPS) is 12.9. The minimum atomic E-state index is 0.257. The number of hydrogen-bond acceptors (Lipinski definition) is 2. The first-order valence-corrected chi connectivity index (χ1v) is 6.96. The summed E-state index contributed by atoms with van der Waals surface area (Å²) in [5.74, 6) is 3.28. The van der Waals surface area contributed by atoms with Gasteiger partial charge in [0, 0.05) is 25.3 Å². The van der Waals surface area contributed by atoms with Crippen molar-refractivity contribution in [1.82, 2.24) is 20.4 Å². The van der Waals surface area contributed by atoms with Gasteiger partial charge in [0.25, 0.3) is 0 Å². The molecule has 0 fully saturated rings. The molecule has 1 atom stereocenters. The third-order valence-corrected chi connectivity index (χ3v) is 3.22. The zero-order chi connectivity index (χ0) is 15.1. The standard InChI is InChI=1S/C15H25N5/c1-7-9-17-15(16-8-2)18-11(3)10-14-12(4)19-20(6)13(14)5/h1,11H,8-10H2,2-6H3,(H2,16,17,18). The lowest BCUT2D eigenvalue weighted by Crippen LogP contribution is -2.43. The van der Waals surface area contributed by atoms with Gasteiger partial charge in [-0.3, -0.25) is 4.68 Å². The van der Waals surface area contributed by atoms with E-state index in [9.17, 15) is 0 Å². The van der Waals surface area contributed by atoms with Crippen molar-refractivity contribution in [3.05, 3.63) is 17.0 Å². The molecule has 0 aromatic carbocycles. The minimum absolute atomic E-state index is 0.257. The molecule has 1 unspecified atom stereocenters. The van der Waals surface area contributed by atoms with Crippen molar-refractivity contribution in [2.75, 3.05) is 13.1 Å². The molecule has 0 radical (unpaired) electrons.